The maximum Gasteiger partial charge on any atom is 0.144 e. The summed E-state index contributed by atoms with van der Waals surface area (Å²) in [6.45, 7) is 5.41. The van der Waals surface area contributed by atoms with Gasteiger partial charge in [0.2, 0.25) is 0 Å². The lowest BCUT2D eigenvalue weighted by atomic mass is 9.94. The minimum absolute atomic E-state index is 0.675. The van der Waals surface area contributed by atoms with Gasteiger partial charge in [0.05, 0.1) is 5.56 Å². The molecule has 1 N–H and O–H groups in total. The normalized spacial score (nSPS) is 15.1. The first kappa shape index (κ1) is 15.8. The highest BCUT2D eigenvalue weighted by atomic mass is 15.0. The Hall–Kier alpha value is -1.56. The first-order valence-electron chi connectivity index (χ1n) is 8.45. The van der Waals surface area contributed by atoms with Crippen molar-refractivity contribution in [3.63, 3.8) is 0 Å². The van der Waals surface area contributed by atoms with E-state index < -0.39 is 0 Å². The number of unbranched alkanes of at least 4 members (excludes halogenated alkanes) is 1. The molecule has 0 aliphatic heterocycles. The van der Waals surface area contributed by atoms with Crippen molar-refractivity contribution in [2.24, 2.45) is 5.92 Å². The standard InChI is InChI=1S/C18H27N3/c1-3-5-8-14(4-2)13-20-18-16(12-19)11-15-9-6-7-10-17(15)21-18/h11,14H,3-10,13H2,1-2H3,(H,20,21). The SMILES string of the molecule is CCCCC(CC)CNc1nc2c(cc1C#N)CCCC2. The molecule has 0 spiro atoms. The van der Waals surface area contributed by atoms with Crippen LogP contribution >= 0.6 is 0 Å². The van der Waals surface area contributed by atoms with Crippen LogP contribution < -0.4 is 5.32 Å². The van der Waals surface area contributed by atoms with Crippen LogP contribution in [0.25, 0.3) is 0 Å². The third kappa shape index (κ3) is 4.20. The third-order valence-corrected chi connectivity index (χ3v) is 4.52. The number of aromatic nitrogens is 1. The number of nitrogens with zero attached hydrogens (tertiary/aromatic N) is 2. The molecule has 1 aliphatic carbocycles. The lowest BCUT2D eigenvalue weighted by Gasteiger charge is -2.19. The van der Waals surface area contributed by atoms with Gasteiger partial charge in [0.25, 0.3) is 0 Å². The third-order valence-electron chi connectivity index (χ3n) is 4.52. The van der Waals surface area contributed by atoms with Gasteiger partial charge in [-0.2, -0.15) is 5.26 Å². The highest BCUT2D eigenvalue weighted by Gasteiger charge is 2.15. The van der Waals surface area contributed by atoms with Gasteiger partial charge in [-0.15, -0.1) is 0 Å². The predicted octanol–water partition coefficient (Wildman–Crippen LogP) is 4.46. The summed E-state index contributed by atoms with van der Waals surface area (Å²) in [6.07, 6.45) is 9.54. The molecule has 0 radical (unpaired) electrons. The van der Waals surface area contributed by atoms with Gasteiger partial charge in [0.1, 0.15) is 11.9 Å². The second-order valence-corrected chi connectivity index (χ2v) is 6.11. The summed E-state index contributed by atoms with van der Waals surface area (Å²) in [5, 5.41) is 12.8. The molecule has 0 saturated heterocycles. The van der Waals surface area contributed by atoms with Crippen LogP contribution in [0.2, 0.25) is 0 Å². The van der Waals surface area contributed by atoms with Gasteiger partial charge in [-0.3, -0.25) is 0 Å². The summed E-state index contributed by atoms with van der Waals surface area (Å²) < 4.78 is 0. The Bertz CT molecular complexity index is 502. The monoisotopic (exact) mass is 285 g/mol. The smallest absolute Gasteiger partial charge is 0.144 e. The lowest BCUT2D eigenvalue weighted by Crippen LogP contribution is -2.17. The van der Waals surface area contributed by atoms with E-state index >= 15 is 0 Å². The maximum atomic E-state index is 9.35. The number of pyridine rings is 1. The molecule has 21 heavy (non-hydrogen) atoms. The Labute approximate surface area is 128 Å². The molecule has 0 amide bonds. The number of nitrogens with one attached hydrogen (secondary N) is 1. The molecule has 1 heterocycles. The maximum absolute atomic E-state index is 9.35. The highest BCUT2D eigenvalue weighted by molar-refractivity contribution is 5.54. The summed E-state index contributed by atoms with van der Waals surface area (Å²) in [5.41, 5.74) is 3.19. The van der Waals surface area contributed by atoms with Crippen LogP contribution in [0.5, 0.6) is 0 Å². The molecular formula is C18H27N3. The van der Waals surface area contributed by atoms with E-state index in [1.165, 1.54) is 49.8 Å². The summed E-state index contributed by atoms with van der Waals surface area (Å²) in [4.78, 5) is 4.74. The average Bonchev–Trinajstić information content (AvgIpc) is 2.54. The van der Waals surface area contributed by atoms with E-state index in [0.29, 0.717) is 11.5 Å². The van der Waals surface area contributed by atoms with Crippen molar-refractivity contribution in [1.82, 2.24) is 4.98 Å². The van der Waals surface area contributed by atoms with Gasteiger partial charge in [-0.1, -0.05) is 33.1 Å². The van der Waals surface area contributed by atoms with Gasteiger partial charge in [0.15, 0.2) is 0 Å². The van der Waals surface area contributed by atoms with Gasteiger partial charge >= 0.3 is 0 Å². The van der Waals surface area contributed by atoms with E-state index in [2.05, 4.69) is 31.3 Å². The topological polar surface area (TPSA) is 48.7 Å². The Morgan fingerprint density at radius 1 is 1.33 bits per heavy atom. The fourth-order valence-corrected chi connectivity index (χ4v) is 3.04. The molecule has 0 bridgehead atoms. The first-order chi connectivity index (χ1) is 10.3. The molecule has 1 aromatic rings. The zero-order valence-corrected chi connectivity index (χ0v) is 13.4. The molecule has 114 valence electrons. The Morgan fingerprint density at radius 2 is 2.14 bits per heavy atom. The quantitative estimate of drug-likeness (QED) is 0.804. The van der Waals surface area contributed by atoms with Gasteiger partial charge < -0.3 is 5.32 Å². The highest BCUT2D eigenvalue weighted by Crippen LogP contribution is 2.25. The van der Waals surface area contributed by atoms with E-state index in [9.17, 15) is 5.26 Å². The summed E-state index contributed by atoms with van der Waals surface area (Å²) in [5.74, 6) is 1.47. The molecule has 0 fully saturated rings. The van der Waals surface area contributed by atoms with Crippen molar-refractivity contribution >= 4 is 5.82 Å². The zero-order chi connectivity index (χ0) is 15.1. The number of hydrogen-bond acceptors (Lipinski definition) is 3. The Balaban J connectivity index is 2.06. The van der Waals surface area contributed by atoms with E-state index in [1.54, 1.807) is 0 Å². The molecule has 1 atom stereocenters. The van der Waals surface area contributed by atoms with E-state index in [0.717, 1.165) is 25.2 Å². The molecule has 0 saturated carbocycles. The van der Waals surface area contributed by atoms with Gasteiger partial charge in [0, 0.05) is 12.2 Å². The largest absolute Gasteiger partial charge is 0.369 e. The van der Waals surface area contributed by atoms with Crippen molar-refractivity contribution in [2.75, 3.05) is 11.9 Å². The Kier molecular flexibility index (Phi) is 6.04. The molecule has 1 aliphatic rings. The van der Waals surface area contributed by atoms with Crippen LogP contribution in [0.4, 0.5) is 5.82 Å². The molecule has 1 unspecified atom stereocenters. The van der Waals surface area contributed by atoms with E-state index in [4.69, 9.17) is 4.98 Å². The molecule has 3 heteroatoms. The molecular weight excluding hydrogens is 258 g/mol. The van der Waals surface area contributed by atoms with Crippen LogP contribution in [-0.2, 0) is 12.8 Å². The fraction of sp³-hybridized carbons (Fsp3) is 0.667. The summed E-state index contributed by atoms with van der Waals surface area (Å²) in [7, 11) is 0. The van der Waals surface area contributed by atoms with Crippen molar-refractivity contribution in [2.45, 2.75) is 65.2 Å². The number of fused-ring (bicyclic) bond motifs is 1. The minimum atomic E-state index is 0.675. The number of hydrogen-bond donors (Lipinski definition) is 1. The molecule has 3 nitrogen and oxygen atoms in total. The van der Waals surface area contributed by atoms with Crippen LogP contribution in [0, 0.1) is 17.2 Å². The number of rotatable bonds is 7. The minimum Gasteiger partial charge on any atom is -0.369 e. The fourth-order valence-electron chi connectivity index (χ4n) is 3.04. The van der Waals surface area contributed by atoms with Crippen molar-refractivity contribution in [1.29, 1.82) is 5.26 Å². The molecule has 0 aromatic carbocycles. The lowest BCUT2D eigenvalue weighted by molar-refractivity contribution is 0.472. The van der Waals surface area contributed by atoms with Crippen LogP contribution in [-0.4, -0.2) is 11.5 Å². The van der Waals surface area contributed by atoms with Crippen molar-refractivity contribution in [3.8, 4) is 6.07 Å². The van der Waals surface area contributed by atoms with E-state index in [1.807, 2.05) is 0 Å². The van der Waals surface area contributed by atoms with Crippen LogP contribution in [0.15, 0.2) is 6.07 Å². The van der Waals surface area contributed by atoms with Crippen molar-refractivity contribution in [3.05, 3.63) is 22.9 Å². The van der Waals surface area contributed by atoms with Gasteiger partial charge in [-0.05, 0) is 49.7 Å². The summed E-state index contributed by atoms with van der Waals surface area (Å²) >= 11 is 0. The number of nitriles is 1. The number of anilines is 1. The molecule has 1 aromatic heterocycles. The van der Waals surface area contributed by atoms with Gasteiger partial charge in [-0.25, -0.2) is 4.98 Å². The van der Waals surface area contributed by atoms with E-state index in [-0.39, 0.29) is 0 Å². The number of aryl methyl sites for hydroxylation is 2. The molecule has 2 rings (SSSR count). The zero-order valence-electron chi connectivity index (χ0n) is 13.4. The first-order valence-corrected chi connectivity index (χ1v) is 8.45. The van der Waals surface area contributed by atoms with Crippen LogP contribution in [0.1, 0.15) is 69.2 Å². The average molecular weight is 285 g/mol. The second kappa shape index (κ2) is 8.02. The predicted molar refractivity (Wildman–Crippen MR) is 87.4 cm³/mol. The second-order valence-electron chi connectivity index (χ2n) is 6.11. The van der Waals surface area contributed by atoms with Crippen LogP contribution in [0.3, 0.4) is 0 Å². The Morgan fingerprint density at radius 3 is 2.86 bits per heavy atom. The summed E-state index contributed by atoms with van der Waals surface area (Å²) in [6, 6.07) is 4.36. The van der Waals surface area contributed by atoms with Crippen molar-refractivity contribution < 1.29 is 0 Å².